The second-order valence-corrected chi connectivity index (χ2v) is 5.31. The quantitative estimate of drug-likeness (QED) is 0.164. The lowest BCUT2D eigenvalue weighted by Crippen LogP contribution is -2.31. The zero-order valence-electron chi connectivity index (χ0n) is 14.3. The van der Waals surface area contributed by atoms with Crippen LogP contribution in [0.2, 0.25) is 0 Å². The second-order valence-electron chi connectivity index (χ2n) is 4.90. The van der Waals surface area contributed by atoms with E-state index < -0.39 is 4.92 Å². The summed E-state index contributed by atoms with van der Waals surface area (Å²) in [5, 5.41) is 18.4. The zero-order chi connectivity index (χ0) is 18.7. The van der Waals surface area contributed by atoms with Crippen LogP contribution in [-0.4, -0.2) is 36.5 Å². The Morgan fingerprint density at radius 3 is 2.88 bits per heavy atom. The summed E-state index contributed by atoms with van der Waals surface area (Å²) in [5.41, 5.74) is 2.91. The summed E-state index contributed by atoms with van der Waals surface area (Å²) >= 11 is 4.99. The number of rotatable bonds is 10. The van der Waals surface area contributed by atoms with E-state index in [1.807, 2.05) is 6.92 Å². The fourth-order valence-electron chi connectivity index (χ4n) is 1.80. The van der Waals surface area contributed by atoms with Crippen LogP contribution in [0.3, 0.4) is 0 Å². The average Bonchev–Trinajstić information content (AvgIpc) is 2.60. The summed E-state index contributed by atoms with van der Waals surface area (Å²) in [6.07, 6.45) is 4.78. The molecule has 0 aromatic heterocycles. The van der Waals surface area contributed by atoms with Gasteiger partial charge in [-0.2, -0.15) is 5.10 Å². The summed E-state index contributed by atoms with van der Waals surface area (Å²) in [6, 6.07) is 2.98. The van der Waals surface area contributed by atoms with E-state index in [0.717, 1.165) is 12.8 Å². The molecule has 1 aromatic carbocycles. The Bertz CT molecular complexity index is 649. The SMILES string of the molecule is C=CCNC(=S)N/N=C/c1cc(OC)c(OCCCC)c([N+](=O)[O-])c1. The van der Waals surface area contributed by atoms with Gasteiger partial charge in [0.25, 0.3) is 0 Å². The van der Waals surface area contributed by atoms with E-state index in [1.165, 1.54) is 19.4 Å². The molecule has 0 atom stereocenters. The number of nitrogens with zero attached hydrogens (tertiary/aromatic N) is 2. The minimum Gasteiger partial charge on any atom is -0.493 e. The minimum atomic E-state index is -0.509. The molecule has 9 heteroatoms. The monoisotopic (exact) mass is 366 g/mol. The number of hydrogen-bond donors (Lipinski definition) is 2. The lowest BCUT2D eigenvalue weighted by Gasteiger charge is -2.11. The normalized spacial score (nSPS) is 10.3. The van der Waals surface area contributed by atoms with Gasteiger partial charge in [-0.15, -0.1) is 6.58 Å². The lowest BCUT2D eigenvalue weighted by atomic mass is 10.2. The van der Waals surface area contributed by atoms with Gasteiger partial charge in [0, 0.05) is 18.2 Å². The number of thiocarbonyl (C=S) groups is 1. The van der Waals surface area contributed by atoms with Crippen LogP contribution in [0.25, 0.3) is 0 Å². The number of ether oxygens (including phenoxy) is 2. The molecular weight excluding hydrogens is 344 g/mol. The molecule has 0 spiro atoms. The van der Waals surface area contributed by atoms with Gasteiger partial charge in [-0.3, -0.25) is 15.5 Å². The smallest absolute Gasteiger partial charge is 0.315 e. The van der Waals surface area contributed by atoms with Crippen LogP contribution in [-0.2, 0) is 0 Å². The Labute approximate surface area is 152 Å². The third-order valence-corrected chi connectivity index (χ3v) is 3.24. The topological polar surface area (TPSA) is 98.0 Å². The van der Waals surface area contributed by atoms with Crippen molar-refractivity contribution in [2.24, 2.45) is 5.10 Å². The summed E-state index contributed by atoms with van der Waals surface area (Å²) in [6.45, 7) is 6.46. The molecular formula is C16H22N4O4S. The van der Waals surface area contributed by atoms with Gasteiger partial charge < -0.3 is 14.8 Å². The molecule has 25 heavy (non-hydrogen) atoms. The molecule has 0 aliphatic heterocycles. The van der Waals surface area contributed by atoms with E-state index in [-0.39, 0.29) is 17.2 Å². The van der Waals surface area contributed by atoms with Gasteiger partial charge in [0.15, 0.2) is 10.9 Å². The summed E-state index contributed by atoms with van der Waals surface area (Å²) in [4.78, 5) is 10.8. The maximum absolute atomic E-state index is 11.3. The second kappa shape index (κ2) is 11.0. The molecule has 0 aliphatic rings. The van der Waals surface area contributed by atoms with Crippen molar-refractivity contribution in [3.63, 3.8) is 0 Å². The van der Waals surface area contributed by atoms with E-state index in [9.17, 15) is 10.1 Å². The van der Waals surface area contributed by atoms with Crippen LogP contribution in [0.5, 0.6) is 11.5 Å². The Balaban J connectivity index is 2.97. The fraction of sp³-hybridized carbons (Fsp3) is 0.375. The van der Waals surface area contributed by atoms with E-state index in [1.54, 1.807) is 12.1 Å². The van der Waals surface area contributed by atoms with Crippen molar-refractivity contribution in [1.29, 1.82) is 0 Å². The third-order valence-electron chi connectivity index (χ3n) is 3.01. The standard InChI is InChI=1S/C16H22N4O4S/c1-4-6-8-24-15-13(20(21)22)9-12(10-14(15)23-3)11-18-19-16(25)17-7-5-2/h5,9-11H,2,4,6-8H2,1,3H3,(H2,17,19,25)/b18-11+. The molecule has 0 amide bonds. The highest BCUT2D eigenvalue weighted by atomic mass is 32.1. The van der Waals surface area contributed by atoms with E-state index in [2.05, 4.69) is 22.4 Å². The molecule has 0 radical (unpaired) electrons. The first-order valence-electron chi connectivity index (χ1n) is 7.70. The molecule has 1 aromatic rings. The average molecular weight is 366 g/mol. The number of nitro groups is 1. The molecule has 0 fully saturated rings. The maximum atomic E-state index is 11.3. The molecule has 1 rings (SSSR count). The highest BCUT2D eigenvalue weighted by Gasteiger charge is 2.22. The Kier molecular flexibility index (Phi) is 8.94. The van der Waals surface area contributed by atoms with Crippen molar-refractivity contribution in [1.82, 2.24) is 10.7 Å². The predicted octanol–water partition coefficient (Wildman–Crippen LogP) is 2.77. The maximum Gasteiger partial charge on any atom is 0.315 e. The molecule has 8 nitrogen and oxygen atoms in total. The van der Waals surface area contributed by atoms with Crippen LogP contribution in [0.15, 0.2) is 29.9 Å². The van der Waals surface area contributed by atoms with E-state index in [4.69, 9.17) is 21.7 Å². The van der Waals surface area contributed by atoms with Crippen molar-refractivity contribution in [2.75, 3.05) is 20.3 Å². The lowest BCUT2D eigenvalue weighted by molar-refractivity contribution is -0.386. The van der Waals surface area contributed by atoms with Crippen molar-refractivity contribution >= 4 is 29.2 Å². The van der Waals surface area contributed by atoms with Gasteiger partial charge in [0.05, 0.1) is 24.9 Å². The van der Waals surface area contributed by atoms with Gasteiger partial charge in [0.2, 0.25) is 5.75 Å². The minimum absolute atomic E-state index is 0.120. The van der Waals surface area contributed by atoms with Gasteiger partial charge in [-0.25, -0.2) is 0 Å². The van der Waals surface area contributed by atoms with Crippen molar-refractivity contribution in [3.05, 3.63) is 40.5 Å². The van der Waals surface area contributed by atoms with Crippen LogP contribution in [0.4, 0.5) is 5.69 Å². The first-order valence-corrected chi connectivity index (χ1v) is 8.11. The summed E-state index contributed by atoms with van der Waals surface area (Å²) < 4.78 is 10.8. The number of benzene rings is 1. The molecule has 0 saturated carbocycles. The number of hydrazone groups is 1. The largest absolute Gasteiger partial charge is 0.493 e. The Hall–Kier alpha value is -2.68. The molecule has 0 heterocycles. The zero-order valence-corrected chi connectivity index (χ0v) is 15.1. The number of hydrogen-bond acceptors (Lipinski definition) is 6. The van der Waals surface area contributed by atoms with E-state index >= 15 is 0 Å². The molecule has 0 unspecified atom stereocenters. The van der Waals surface area contributed by atoms with Crippen molar-refractivity contribution < 1.29 is 14.4 Å². The highest BCUT2D eigenvalue weighted by Crippen LogP contribution is 2.38. The summed E-state index contributed by atoms with van der Waals surface area (Å²) in [5.74, 6) is 0.397. The molecule has 2 N–H and O–H groups in total. The number of methoxy groups -OCH3 is 1. The van der Waals surface area contributed by atoms with Crippen LogP contribution in [0, 0.1) is 10.1 Å². The van der Waals surface area contributed by atoms with E-state index in [0.29, 0.717) is 23.8 Å². The van der Waals surface area contributed by atoms with Crippen LogP contribution in [0.1, 0.15) is 25.3 Å². The van der Waals surface area contributed by atoms with Crippen molar-refractivity contribution in [3.8, 4) is 11.5 Å². The first kappa shape index (κ1) is 20.4. The fourth-order valence-corrected chi connectivity index (χ4v) is 1.94. The number of unbranched alkanes of at least 4 members (excludes halogenated alkanes) is 1. The molecule has 136 valence electrons. The van der Waals surface area contributed by atoms with Crippen molar-refractivity contribution in [2.45, 2.75) is 19.8 Å². The Morgan fingerprint density at radius 1 is 1.52 bits per heavy atom. The predicted molar refractivity (Wildman–Crippen MR) is 102 cm³/mol. The highest BCUT2D eigenvalue weighted by molar-refractivity contribution is 7.80. The third kappa shape index (κ3) is 6.76. The van der Waals surface area contributed by atoms with Crippen LogP contribution >= 0.6 is 12.2 Å². The summed E-state index contributed by atoms with van der Waals surface area (Å²) in [7, 11) is 1.43. The number of nitrogens with one attached hydrogen (secondary N) is 2. The van der Waals surface area contributed by atoms with Gasteiger partial charge in [-0.05, 0) is 24.7 Å². The first-order chi connectivity index (χ1) is 12.0. The molecule has 0 bridgehead atoms. The van der Waals surface area contributed by atoms with Gasteiger partial charge >= 0.3 is 5.69 Å². The van der Waals surface area contributed by atoms with Crippen LogP contribution < -0.4 is 20.2 Å². The Morgan fingerprint density at radius 2 is 2.28 bits per heavy atom. The molecule has 0 saturated heterocycles. The molecule has 0 aliphatic carbocycles. The van der Waals surface area contributed by atoms with Gasteiger partial charge in [0.1, 0.15) is 0 Å². The van der Waals surface area contributed by atoms with Gasteiger partial charge in [-0.1, -0.05) is 19.4 Å². The number of nitro benzene ring substituents is 1.